The molecule has 0 saturated carbocycles. The molecule has 0 aliphatic carbocycles. The number of benzene rings is 1. The normalized spacial score (nSPS) is 11.5. The second kappa shape index (κ2) is 6.11. The lowest BCUT2D eigenvalue weighted by Gasteiger charge is -2.08. The van der Waals surface area contributed by atoms with Crippen LogP contribution in [0.5, 0.6) is 0 Å². The van der Waals surface area contributed by atoms with Gasteiger partial charge in [0, 0.05) is 5.56 Å². The molecule has 0 spiro atoms. The van der Waals surface area contributed by atoms with E-state index in [9.17, 15) is 4.79 Å². The zero-order valence-electron chi connectivity index (χ0n) is 11.3. The Kier molecular flexibility index (Phi) is 4.44. The van der Waals surface area contributed by atoms with Crippen molar-refractivity contribution in [2.24, 2.45) is 10.9 Å². The third-order valence-electron chi connectivity index (χ3n) is 2.73. The Bertz CT molecular complexity index is 727. The van der Waals surface area contributed by atoms with E-state index in [1.807, 2.05) is 6.92 Å². The molecule has 0 radical (unpaired) electrons. The number of nitrogens with zero attached hydrogens (tertiary/aromatic N) is 2. The molecule has 1 amide bonds. The number of thiazole rings is 1. The Hall–Kier alpha value is -2.12. The number of anilines is 1. The number of amides is 1. The SMILES string of the molecule is Cc1nc(C)c(C(=O)Nc2ccc(/C(N)=N/O)cc2Cl)s1. The average Bonchev–Trinajstić information content (AvgIpc) is 2.79. The van der Waals surface area contributed by atoms with Crippen molar-refractivity contribution in [1.29, 1.82) is 0 Å². The molecular formula is C13H13ClN4O2S. The number of amidine groups is 1. The van der Waals surface area contributed by atoms with Crippen molar-refractivity contribution in [3.8, 4) is 0 Å². The molecule has 0 bridgehead atoms. The summed E-state index contributed by atoms with van der Waals surface area (Å²) in [5, 5.41) is 15.4. The molecule has 4 N–H and O–H groups in total. The summed E-state index contributed by atoms with van der Waals surface area (Å²) in [7, 11) is 0. The van der Waals surface area contributed by atoms with Gasteiger partial charge in [-0.05, 0) is 32.0 Å². The molecule has 1 heterocycles. The second-order valence-corrected chi connectivity index (χ2v) is 5.89. The van der Waals surface area contributed by atoms with Crippen molar-refractivity contribution >= 4 is 40.4 Å². The van der Waals surface area contributed by atoms with Crippen LogP contribution in [0, 0.1) is 13.8 Å². The summed E-state index contributed by atoms with van der Waals surface area (Å²) in [5.41, 5.74) is 7.06. The molecule has 0 atom stereocenters. The highest BCUT2D eigenvalue weighted by Gasteiger charge is 2.15. The molecule has 0 aliphatic heterocycles. The van der Waals surface area contributed by atoms with E-state index < -0.39 is 0 Å². The average molecular weight is 325 g/mol. The number of aryl methyl sites for hydroxylation is 2. The van der Waals surface area contributed by atoms with E-state index in [0.29, 0.717) is 26.8 Å². The largest absolute Gasteiger partial charge is 0.409 e. The van der Waals surface area contributed by atoms with E-state index in [-0.39, 0.29) is 11.7 Å². The first-order chi connectivity index (χ1) is 9.92. The van der Waals surface area contributed by atoms with Gasteiger partial charge in [0.1, 0.15) is 4.88 Å². The van der Waals surface area contributed by atoms with Gasteiger partial charge in [0.15, 0.2) is 5.84 Å². The lowest BCUT2D eigenvalue weighted by atomic mass is 10.2. The number of carbonyl (C=O) groups is 1. The lowest BCUT2D eigenvalue weighted by Crippen LogP contribution is -2.14. The van der Waals surface area contributed by atoms with Crippen LogP contribution in [0.15, 0.2) is 23.4 Å². The number of hydrogen-bond acceptors (Lipinski definition) is 5. The maximum Gasteiger partial charge on any atom is 0.267 e. The number of carbonyl (C=O) groups excluding carboxylic acids is 1. The predicted molar refractivity (Wildman–Crippen MR) is 83.5 cm³/mol. The van der Waals surface area contributed by atoms with E-state index in [1.54, 1.807) is 19.1 Å². The van der Waals surface area contributed by atoms with Crippen molar-refractivity contribution in [3.63, 3.8) is 0 Å². The first kappa shape index (κ1) is 15.3. The summed E-state index contributed by atoms with van der Waals surface area (Å²) in [5.74, 6) is -0.319. The van der Waals surface area contributed by atoms with Gasteiger partial charge >= 0.3 is 0 Å². The number of nitrogens with two attached hydrogens (primary N) is 1. The maximum atomic E-state index is 12.2. The lowest BCUT2D eigenvalue weighted by molar-refractivity contribution is 0.103. The highest BCUT2D eigenvalue weighted by molar-refractivity contribution is 7.13. The quantitative estimate of drug-likeness (QED) is 0.350. The van der Waals surface area contributed by atoms with Gasteiger partial charge in [0.25, 0.3) is 5.91 Å². The van der Waals surface area contributed by atoms with Crippen LogP contribution < -0.4 is 11.1 Å². The fraction of sp³-hybridized carbons (Fsp3) is 0.154. The van der Waals surface area contributed by atoms with Gasteiger partial charge in [-0.3, -0.25) is 4.79 Å². The van der Waals surface area contributed by atoms with Crippen LogP contribution in [0.2, 0.25) is 5.02 Å². The maximum absolute atomic E-state index is 12.2. The highest BCUT2D eigenvalue weighted by Crippen LogP contribution is 2.25. The van der Waals surface area contributed by atoms with Gasteiger partial charge in [0.2, 0.25) is 0 Å². The summed E-state index contributed by atoms with van der Waals surface area (Å²) in [6, 6.07) is 4.70. The molecule has 110 valence electrons. The Labute approximate surface area is 130 Å². The Morgan fingerprint density at radius 3 is 2.71 bits per heavy atom. The number of halogens is 1. The fourth-order valence-corrected chi connectivity index (χ4v) is 2.80. The molecule has 6 nitrogen and oxygen atoms in total. The summed E-state index contributed by atoms with van der Waals surface area (Å²) in [4.78, 5) is 16.9. The van der Waals surface area contributed by atoms with Gasteiger partial charge < -0.3 is 16.3 Å². The predicted octanol–water partition coefficient (Wildman–Crippen LogP) is 2.76. The number of aromatic nitrogens is 1. The smallest absolute Gasteiger partial charge is 0.267 e. The van der Waals surface area contributed by atoms with Crippen molar-refractivity contribution in [1.82, 2.24) is 4.98 Å². The van der Waals surface area contributed by atoms with E-state index in [1.165, 1.54) is 17.4 Å². The van der Waals surface area contributed by atoms with Gasteiger partial charge in [-0.2, -0.15) is 0 Å². The van der Waals surface area contributed by atoms with Gasteiger partial charge in [-0.15, -0.1) is 11.3 Å². The molecular weight excluding hydrogens is 312 g/mol. The van der Waals surface area contributed by atoms with Crippen LogP contribution in [-0.4, -0.2) is 21.9 Å². The Morgan fingerprint density at radius 1 is 1.48 bits per heavy atom. The van der Waals surface area contributed by atoms with Crippen LogP contribution >= 0.6 is 22.9 Å². The number of oxime groups is 1. The van der Waals surface area contributed by atoms with E-state index in [2.05, 4.69) is 15.5 Å². The van der Waals surface area contributed by atoms with Gasteiger partial charge in [-0.1, -0.05) is 16.8 Å². The van der Waals surface area contributed by atoms with Gasteiger partial charge in [-0.25, -0.2) is 4.98 Å². The molecule has 0 saturated heterocycles. The molecule has 0 aliphatic rings. The minimum absolute atomic E-state index is 0.0521. The Morgan fingerprint density at radius 2 is 2.19 bits per heavy atom. The van der Waals surface area contributed by atoms with Gasteiger partial charge in [0.05, 0.1) is 21.4 Å². The molecule has 0 fully saturated rings. The van der Waals surface area contributed by atoms with Crippen LogP contribution in [0.25, 0.3) is 0 Å². The monoisotopic (exact) mass is 324 g/mol. The van der Waals surface area contributed by atoms with E-state index >= 15 is 0 Å². The molecule has 1 aromatic carbocycles. The van der Waals surface area contributed by atoms with Crippen LogP contribution in [0.4, 0.5) is 5.69 Å². The third kappa shape index (κ3) is 3.32. The van der Waals surface area contributed by atoms with Crippen molar-refractivity contribution in [2.45, 2.75) is 13.8 Å². The minimum Gasteiger partial charge on any atom is -0.409 e. The van der Waals surface area contributed by atoms with Crippen molar-refractivity contribution in [2.75, 3.05) is 5.32 Å². The summed E-state index contributed by atoms with van der Waals surface area (Å²) in [6.45, 7) is 3.62. The molecule has 8 heteroatoms. The zero-order valence-corrected chi connectivity index (χ0v) is 12.9. The second-order valence-electron chi connectivity index (χ2n) is 4.28. The minimum atomic E-state index is -0.267. The van der Waals surface area contributed by atoms with Crippen molar-refractivity contribution in [3.05, 3.63) is 44.4 Å². The summed E-state index contributed by atoms with van der Waals surface area (Å²) < 4.78 is 0. The number of nitrogens with one attached hydrogen (secondary N) is 1. The van der Waals surface area contributed by atoms with Crippen LogP contribution in [0.3, 0.4) is 0 Å². The van der Waals surface area contributed by atoms with E-state index in [4.69, 9.17) is 22.5 Å². The molecule has 21 heavy (non-hydrogen) atoms. The topological polar surface area (TPSA) is 101 Å². The molecule has 0 unspecified atom stereocenters. The molecule has 2 rings (SSSR count). The highest BCUT2D eigenvalue weighted by atomic mass is 35.5. The summed E-state index contributed by atoms with van der Waals surface area (Å²) in [6.07, 6.45) is 0. The van der Waals surface area contributed by atoms with E-state index in [0.717, 1.165) is 5.01 Å². The zero-order chi connectivity index (χ0) is 15.6. The molecule has 1 aromatic heterocycles. The fourth-order valence-electron chi connectivity index (χ4n) is 1.75. The van der Waals surface area contributed by atoms with Crippen molar-refractivity contribution < 1.29 is 10.0 Å². The molecule has 2 aromatic rings. The third-order valence-corrected chi connectivity index (χ3v) is 4.11. The number of hydrogen-bond donors (Lipinski definition) is 3. The first-order valence-corrected chi connectivity index (χ1v) is 7.14. The van der Waals surface area contributed by atoms with Crippen LogP contribution in [0.1, 0.15) is 25.9 Å². The standard InChI is InChI=1S/C13H13ClN4O2S/c1-6-11(21-7(2)16-6)13(19)17-10-4-3-8(5-9(10)14)12(15)18-20/h3-5,20H,1-2H3,(H2,15,18)(H,17,19). The summed E-state index contributed by atoms with van der Waals surface area (Å²) >= 11 is 7.41. The first-order valence-electron chi connectivity index (χ1n) is 5.95. The van der Waals surface area contributed by atoms with Crippen LogP contribution in [-0.2, 0) is 0 Å². The Balaban J connectivity index is 2.24. The number of rotatable bonds is 3.